The number of nitrogens with zero attached hydrogens (tertiary/aromatic N) is 2. The van der Waals surface area contributed by atoms with Crippen molar-refractivity contribution in [1.29, 1.82) is 0 Å². The van der Waals surface area contributed by atoms with Crippen molar-refractivity contribution in [2.24, 2.45) is 0 Å². The first kappa shape index (κ1) is 29.6. The van der Waals surface area contributed by atoms with Gasteiger partial charge in [0.15, 0.2) is 0 Å². The standard InChI is InChI=1S/C27H38ClN3O4S/c1-7-20(3)29-27(33)22(5)30(18-23-13-15-24(28)16-14-23)26(32)12-9-17-31(36(6,34)35)25-11-8-10-19(2)21(25)4/h8,10-11,13-16,20,22H,7,9,12,17-18H2,1-6H3,(H,29,33)/t20-,22+/m1/s1. The van der Waals surface area contributed by atoms with Crippen LogP contribution in [0.2, 0.25) is 5.02 Å². The zero-order valence-corrected chi connectivity index (χ0v) is 23.6. The summed E-state index contributed by atoms with van der Waals surface area (Å²) >= 11 is 6.00. The maximum absolute atomic E-state index is 13.4. The van der Waals surface area contributed by atoms with Gasteiger partial charge in [0, 0.05) is 30.6 Å². The number of carbonyl (C=O) groups is 2. The van der Waals surface area contributed by atoms with Gasteiger partial charge in [0.1, 0.15) is 6.04 Å². The minimum absolute atomic E-state index is 0.00618. The van der Waals surface area contributed by atoms with Crippen LogP contribution in [0.15, 0.2) is 42.5 Å². The SMILES string of the molecule is CC[C@@H](C)NC(=O)[C@H](C)N(Cc1ccc(Cl)cc1)C(=O)CCCN(c1cccc(C)c1C)S(C)(=O)=O. The number of nitrogens with one attached hydrogen (secondary N) is 1. The Morgan fingerprint density at radius 3 is 2.28 bits per heavy atom. The first-order valence-electron chi connectivity index (χ1n) is 12.2. The summed E-state index contributed by atoms with van der Waals surface area (Å²) in [7, 11) is -3.54. The van der Waals surface area contributed by atoms with Crippen molar-refractivity contribution in [3.63, 3.8) is 0 Å². The lowest BCUT2D eigenvalue weighted by Crippen LogP contribution is -2.49. The largest absolute Gasteiger partial charge is 0.352 e. The summed E-state index contributed by atoms with van der Waals surface area (Å²) in [5.41, 5.74) is 3.34. The van der Waals surface area contributed by atoms with Crippen LogP contribution in [0.5, 0.6) is 0 Å². The first-order chi connectivity index (χ1) is 16.8. The van der Waals surface area contributed by atoms with Gasteiger partial charge in [-0.05, 0) is 75.4 Å². The lowest BCUT2D eigenvalue weighted by molar-refractivity contribution is -0.140. The molecule has 0 aliphatic rings. The normalized spacial score (nSPS) is 13.1. The topological polar surface area (TPSA) is 86.8 Å². The zero-order valence-electron chi connectivity index (χ0n) is 22.0. The molecule has 2 atom stereocenters. The molecule has 0 heterocycles. The summed E-state index contributed by atoms with van der Waals surface area (Å²) in [6.07, 6.45) is 2.37. The summed E-state index contributed by atoms with van der Waals surface area (Å²) in [6.45, 7) is 9.85. The van der Waals surface area contributed by atoms with Crippen LogP contribution in [-0.4, -0.2) is 50.0 Å². The molecule has 9 heteroatoms. The second kappa shape index (κ2) is 13.1. The Morgan fingerprint density at radius 2 is 1.69 bits per heavy atom. The Bertz CT molecular complexity index is 1150. The van der Waals surface area contributed by atoms with Crippen LogP contribution in [0.25, 0.3) is 0 Å². The first-order valence-corrected chi connectivity index (χ1v) is 14.5. The molecule has 0 aliphatic heterocycles. The molecule has 0 fully saturated rings. The molecule has 0 aromatic heterocycles. The van der Waals surface area contributed by atoms with Crippen LogP contribution >= 0.6 is 11.6 Å². The fourth-order valence-corrected chi connectivity index (χ4v) is 4.96. The number of benzene rings is 2. The summed E-state index contributed by atoms with van der Waals surface area (Å²) in [5.74, 6) is -0.439. The van der Waals surface area contributed by atoms with Gasteiger partial charge in [0.2, 0.25) is 21.8 Å². The molecule has 0 spiro atoms. The van der Waals surface area contributed by atoms with Crippen molar-refractivity contribution in [3.8, 4) is 0 Å². The molecule has 0 unspecified atom stereocenters. The Labute approximate surface area is 220 Å². The quantitative estimate of drug-likeness (QED) is 0.421. The Kier molecular flexibility index (Phi) is 10.8. The maximum Gasteiger partial charge on any atom is 0.242 e. The smallest absolute Gasteiger partial charge is 0.242 e. The number of aryl methyl sites for hydroxylation is 1. The van der Waals surface area contributed by atoms with Crippen LogP contribution in [0.1, 0.15) is 56.7 Å². The summed E-state index contributed by atoms with van der Waals surface area (Å²) in [4.78, 5) is 27.8. The molecule has 0 saturated heterocycles. The predicted molar refractivity (Wildman–Crippen MR) is 147 cm³/mol. The molecule has 7 nitrogen and oxygen atoms in total. The van der Waals surface area contributed by atoms with Crippen LogP contribution in [0.3, 0.4) is 0 Å². The molecule has 2 aromatic carbocycles. The number of hydrogen-bond donors (Lipinski definition) is 1. The van der Waals surface area contributed by atoms with Crippen LogP contribution in [0, 0.1) is 13.8 Å². The Balaban J connectivity index is 2.20. The molecule has 1 N–H and O–H groups in total. The molecular weight excluding hydrogens is 498 g/mol. The second-order valence-electron chi connectivity index (χ2n) is 9.30. The van der Waals surface area contributed by atoms with E-state index in [2.05, 4.69) is 5.32 Å². The third-order valence-electron chi connectivity index (χ3n) is 6.43. The lowest BCUT2D eigenvalue weighted by Gasteiger charge is -2.30. The number of anilines is 1. The number of carbonyl (C=O) groups excluding carboxylic acids is 2. The van der Waals surface area contributed by atoms with Crippen LogP contribution in [0.4, 0.5) is 5.69 Å². The zero-order chi connectivity index (χ0) is 27.0. The molecule has 2 rings (SSSR count). The van der Waals surface area contributed by atoms with Gasteiger partial charge in [0.05, 0.1) is 11.9 Å². The van der Waals surface area contributed by atoms with E-state index in [0.29, 0.717) is 17.1 Å². The summed E-state index contributed by atoms with van der Waals surface area (Å²) in [5, 5.41) is 3.53. The number of halogens is 1. The molecule has 0 bridgehead atoms. The van der Waals surface area contributed by atoms with E-state index in [0.717, 1.165) is 23.1 Å². The predicted octanol–water partition coefficient (Wildman–Crippen LogP) is 4.84. The number of sulfonamides is 1. The monoisotopic (exact) mass is 535 g/mol. The highest BCUT2D eigenvalue weighted by Gasteiger charge is 2.27. The Morgan fingerprint density at radius 1 is 1.06 bits per heavy atom. The molecule has 0 saturated carbocycles. The van der Waals surface area contributed by atoms with E-state index in [1.54, 1.807) is 30.0 Å². The van der Waals surface area contributed by atoms with Crippen molar-refractivity contribution in [3.05, 3.63) is 64.2 Å². The third kappa shape index (κ3) is 8.23. The summed E-state index contributed by atoms with van der Waals surface area (Å²) in [6, 6.07) is 12.0. The highest BCUT2D eigenvalue weighted by molar-refractivity contribution is 7.92. The highest BCUT2D eigenvalue weighted by Crippen LogP contribution is 2.25. The van der Waals surface area contributed by atoms with Crippen molar-refractivity contribution in [2.45, 2.75) is 72.5 Å². The van der Waals surface area contributed by atoms with Gasteiger partial charge >= 0.3 is 0 Å². The average molecular weight is 536 g/mol. The molecular formula is C27H38ClN3O4S. The molecule has 0 aliphatic carbocycles. The maximum atomic E-state index is 13.4. The number of rotatable bonds is 12. The fraction of sp³-hybridized carbons (Fsp3) is 0.481. The number of hydrogen-bond acceptors (Lipinski definition) is 4. The number of amides is 2. The van der Waals surface area contributed by atoms with E-state index in [1.807, 2.05) is 52.0 Å². The van der Waals surface area contributed by atoms with Gasteiger partial charge in [-0.2, -0.15) is 0 Å². The van der Waals surface area contributed by atoms with Gasteiger partial charge in [-0.15, -0.1) is 0 Å². The van der Waals surface area contributed by atoms with E-state index in [4.69, 9.17) is 11.6 Å². The average Bonchev–Trinajstić information content (AvgIpc) is 2.82. The van der Waals surface area contributed by atoms with E-state index in [9.17, 15) is 18.0 Å². The highest BCUT2D eigenvalue weighted by atomic mass is 35.5. The van der Waals surface area contributed by atoms with E-state index < -0.39 is 16.1 Å². The third-order valence-corrected chi connectivity index (χ3v) is 7.86. The van der Waals surface area contributed by atoms with Crippen LogP contribution < -0.4 is 9.62 Å². The molecule has 198 valence electrons. The lowest BCUT2D eigenvalue weighted by atomic mass is 10.1. The minimum atomic E-state index is -3.54. The fourth-order valence-electron chi connectivity index (χ4n) is 3.82. The van der Waals surface area contributed by atoms with Gasteiger partial charge < -0.3 is 10.2 Å². The van der Waals surface area contributed by atoms with E-state index in [-0.39, 0.29) is 37.4 Å². The molecule has 0 radical (unpaired) electrons. The van der Waals surface area contributed by atoms with Crippen molar-refractivity contribution in [1.82, 2.24) is 10.2 Å². The van der Waals surface area contributed by atoms with Gasteiger partial charge in [-0.1, -0.05) is 42.8 Å². The van der Waals surface area contributed by atoms with Gasteiger partial charge in [-0.25, -0.2) is 8.42 Å². The minimum Gasteiger partial charge on any atom is -0.352 e. The van der Waals surface area contributed by atoms with Crippen molar-refractivity contribution < 1.29 is 18.0 Å². The Hall–Kier alpha value is -2.58. The van der Waals surface area contributed by atoms with E-state index >= 15 is 0 Å². The molecule has 2 aromatic rings. The van der Waals surface area contributed by atoms with Crippen LogP contribution in [-0.2, 0) is 26.2 Å². The van der Waals surface area contributed by atoms with Crippen molar-refractivity contribution in [2.75, 3.05) is 17.1 Å². The summed E-state index contributed by atoms with van der Waals surface area (Å²) < 4.78 is 26.5. The molecule has 36 heavy (non-hydrogen) atoms. The molecule has 2 amide bonds. The van der Waals surface area contributed by atoms with Gasteiger partial charge in [0.25, 0.3) is 0 Å². The second-order valence-corrected chi connectivity index (χ2v) is 11.6. The van der Waals surface area contributed by atoms with E-state index in [1.165, 1.54) is 10.6 Å². The van der Waals surface area contributed by atoms with Crippen molar-refractivity contribution >= 4 is 39.1 Å². The van der Waals surface area contributed by atoms with Gasteiger partial charge in [-0.3, -0.25) is 13.9 Å².